The van der Waals surface area contributed by atoms with Crippen molar-refractivity contribution < 1.29 is 5.11 Å². The molecule has 0 spiro atoms. The number of unbranched alkanes of at least 4 members (excludes halogenated alkanes) is 2. The third-order valence-electron chi connectivity index (χ3n) is 2.35. The molecule has 3 nitrogen and oxygen atoms in total. The lowest BCUT2D eigenvalue weighted by atomic mass is 10.2. The van der Waals surface area contributed by atoms with E-state index < -0.39 is 0 Å². The van der Waals surface area contributed by atoms with Crippen molar-refractivity contribution in [3.8, 4) is 0 Å². The van der Waals surface area contributed by atoms with Crippen LogP contribution in [0, 0.1) is 0 Å². The lowest BCUT2D eigenvalue weighted by Gasteiger charge is -2.05. The molecule has 0 radical (unpaired) electrons. The molecule has 0 amide bonds. The molecular weight excluding hydrogens is 188 g/mol. The summed E-state index contributed by atoms with van der Waals surface area (Å²) in [5, 5.41) is 11.9. The minimum absolute atomic E-state index is 0.298. The molecule has 1 aromatic heterocycles. The zero-order valence-corrected chi connectivity index (χ0v) is 9.37. The summed E-state index contributed by atoms with van der Waals surface area (Å²) in [5.41, 5.74) is 2.21. The molecule has 0 aromatic carbocycles. The molecule has 0 fully saturated rings. The Morgan fingerprint density at radius 2 is 2.13 bits per heavy atom. The largest absolute Gasteiger partial charge is 0.396 e. The Hall–Kier alpha value is -1.09. The third kappa shape index (κ3) is 4.79. The minimum atomic E-state index is 0.298. The molecule has 0 aliphatic heterocycles. The summed E-state index contributed by atoms with van der Waals surface area (Å²) in [6.45, 7) is 3.35. The van der Waals surface area contributed by atoms with Crippen molar-refractivity contribution in [2.45, 2.75) is 32.6 Å². The number of hydrogen-bond donors (Lipinski definition) is 2. The van der Waals surface area contributed by atoms with Gasteiger partial charge in [0.1, 0.15) is 0 Å². The quantitative estimate of drug-likeness (QED) is 0.675. The molecule has 0 unspecified atom stereocenters. The average Bonchev–Trinajstić information content (AvgIpc) is 2.30. The van der Waals surface area contributed by atoms with Gasteiger partial charge in [-0.05, 0) is 37.8 Å². The summed E-state index contributed by atoms with van der Waals surface area (Å²) >= 11 is 0. The number of aliphatic hydroxyl groups is 1. The van der Waals surface area contributed by atoms with Gasteiger partial charge < -0.3 is 10.4 Å². The van der Waals surface area contributed by atoms with Crippen molar-refractivity contribution in [1.29, 1.82) is 0 Å². The van der Waals surface area contributed by atoms with E-state index in [9.17, 15) is 0 Å². The summed E-state index contributed by atoms with van der Waals surface area (Å²) in [6, 6.07) is 4.12. The molecule has 0 saturated carbocycles. The zero-order valence-electron chi connectivity index (χ0n) is 9.37. The second-order valence-corrected chi connectivity index (χ2v) is 3.60. The maximum absolute atomic E-state index is 8.61. The van der Waals surface area contributed by atoms with Crippen molar-refractivity contribution in [2.24, 2.45) is 0 Å². The SMILES string of the molecule is CCc1ccc(NCCCCCO)cn1. The summed E-state index contributed by atoms with van der Waals surface area (Å²) in [4.78, 5) is 4.31. The summed E-state index contributed by atoms with van der Waals surface area (Å²) in [7, 11) is 0. The number of aromatic nitrogens is 1. The van der Waals surface area contributed by atoms with Crippen LogP contribution in [0.5, 0.6) is 0 Å². The van der Waals surface area contributed by atoms with Crippen LogP contribution in [-0.2, 0) is 6.42 Å². The molecule has 0 atom stereocenters. The Morgan fingerprint density at radius 1 is 1.27 bits per heavy atom. The fraction of sp³-hybridized carbons (Fsp3) is 0.583. The van der Waals surface area contributed by atoms with Crippen LogP contribution in [0.4, 0.5) is 5.69 Å². The molecule has 1 rings (SSSR count). The number of rotatable bonds is 7. The van der Waals surface area contributed by atoms with Crippen LogP contribution in [-0.4, -0.2) is 23.2 Å². The van der Waals surface area contributed by atoms with E-state index in [0.717, 1.165) is 43.6 Å². The molecule has 15 heavy (non-hydrogen) atoms. The van der Waals surface area contributed by atoms with Crippen molar-refractivity contribution in [2.75, 3.05) is 18.5 Å². The zero-order chi connectivity index (χ0) is 10.9. The summed E-state index contributed by atoms with van der Waals surface area (Å²) in [5.74, 6) is 0. The van der Waals surface area contributed by atoms with Gasteiger partial charge in [-0.15, -0.1) is 0 Å². The van der Waals surface area contributed by atoms with E-state index in [-0.39, 0.29) is 0 Å². The number of aliphatic hydroxyl groups excluding tert-OH is 1. The molecule has 84 valence electrons. The maximum Gasteiger partial charge on any atom is 0.0526 e. The van der Waals surface area contributed by atoms with E-state index in [4.69, 9.17) is 5.11 Å². The predicted octanol–water partition coefficient (Wildman–Crippen LogP) is 2.22. The van der Waals surface area contributed by atoms with Crippen molar-refractivity contribution in [3.05, 3.63) is 24.0 Å². The van der Waals surface area contributed by atoms with Crippen LogP contribution in [0.25, 0.3) is 0 Å². The normalized spacial score (nSPS) is 10.3. The van der Waals surface area contributed by atoms with Gasteiger partial charge in [0.2, 0.25) is 0 Å². The third-order valence-corrected chi connectivity index (χ3v) is 2.35. The molecule has 0 aliphatic rings. The van der Waals surface area contributed by atoms with Gasteiger partial charge in [0, 0.05) is 18.8 Å². The van der Waals surface area contributed by atoms with E-state index in [1.165, 1.54) is 0 Å². The molecule has 0 saturated heterocycles. The highest BCUT2D eigenvalue weighted by molar-refractivity contribution is 5.40. The molecule has 1 heterocycles. The lowest BCUT2D eigenvalue weighted by molar-refractivity contribution is 0.283. The number of anilines is 1. The Labute approximate surface area is 91.5 Å². The fourth-order valence-corrected chi connectivity index (χ4v) is 1.38. The number of pyridine rings is 1. The van der Waals surface area contributed by atoms with Crippen LogP contribution in [0.15, 0.2) is 18.3 Å². The maximum atomic E-state index is 8.61. The first kappa shape index (κ1) is 12.0. The first-order valence-electron chi connectivity index (χ1n) is 5.66. The topological polar surface area (TPSA) is 45.1 Å². The van der Waals surface area contributed by atoms with Gasteiger partial charge in [-0.25, -0.2) is 0 Å². The van der Waals surface area contributed by atoms with Crippen LogP contribution in [0.2, 0.25) is 0 Å². The first-order valence-corrected chi connectivity index (χ1v) is 5.66. The number of aryl methyl sites for hydroxylation is 1. The molecule has 3 heteroatoms. The summed E-state index contributed by atoms with van der Waals surface area (Å²) in [6.07, 6.45) is 5.93. The summed E-state index contributed by atoms with van der Waals surface area (Å²) < 4.78 is 0. The lowest BCUT2D eigenvalue weighted by Crippen LogP contribution is -2.02. The highest BCUT2D eigenvalue weighted by Crippen LogP contribution is 2.06. The Balaban J connectivity index is 2.20. The van der Waals surface area contributed by atoms with Gasteiger partial charge in [0.25, 0.3) is 0 Å². The highest BCUT2D eigenvalue weighted by atomic mass is 16.2. The van der Waals surface area contributed by atoms with Gasteiger partial charge >= 0.3 is 0 Å². The van der Waals surface area contributed by atoms with Gasteiger partial charge in [-0.1, -0.05) is 6.92 Å². The van der Waals surface area contributed by atoms with Crippen LogP contribution < -0.4 is 5.32 Å². The molecule has 2 N–H and O–H groups in total. The average molecular weight is 208 g/mol. The Morgan fingerprint density at radius 3 is 2.73 bits per heavy atom. The van der Waals surface area contributed by atoms with Crippen LogP contribution >= 0.6 is 0 Å². The first-order chi connectivity index (χ1) is 7.36. The van der Waals surface area contributed by atoms with E-state index in [1.807, 2.05) is 6.20 Å². The minimum Gasteiger partial charge on any atom is -0.396 e. The van der Waals surface area contributed by atoms with Gasteiger partial charge in [0.15, 0.2) is 0 Å². The van der Waals surface area contributed by atoms with Crippen molar-refractivity contribution in [3.63, 3.8) is 0 Å². The van der Waals surface area contributed by atoms with E-state index >= 15 is 0 Å². The fourth-order valence-electron chi connectivity index (χ4n) is 1.38. The number of nitrogens with zero attached hydrogens (tertiary/aromatic N) is 1. The monoisotopic (exact) mass is 208 g/mol. The Bertz CT molecular complexity index is 259. The molecule has 1 aromatic rings. The second kappa shape index (κ2) is 7.23. The second-order valence-electron chi connectivity index (χ2n) is 3.60. The standard InChI is InChI=1S/C12H20N2O/c1-2-11-6-7-12(10-14-11)13-8-4-3-5-9-15/h6-7,10,13,15H,2-5,8-9H2,1H3. The molecule has 0 bridgehead atoms. The van der Waals surface area contributed by atoms with Crippen LogP contribution in [0.1, 0.15) is 31.9 Å². The van der Waals surface area contributed by atoms with Gasteiger partial charge in [0.05, 0.1) is 11.9 Å². The molecule has 0 aliphatic carbocycles. The van der Waals surface area contributed by atoms with Gasteiger partial charge in [-0.2, -0.15) is 0 Å². The van der Waals surface area contributed by atoms with Crippen molar-refractivity contribution in [1.82, 2.24) is 4.98 Å². The predicted molar refractivity (Wildman–Crippen MR) is 63.0 cm³/mol. The smallest absolute Gasteiger partial charge is 0.0526 e. The number of nitrogens with one attached hydrogen (secondary N) is 1. The van der Waals surface area contributed by atoms with E-state index in [2.05, 4.69) is 29.4 Å². The molecular formula is C12H20N2O. The number of hydrogen-bond acceptors (Lipinski definition) is 3. The van der Waals surface area contributed by atoms with E-state index in [1.54, 1.807) is 0 Å². The van der Waals surface area contributed by atoms with E-state index in [0.29, 0.717) is 6.61 Å². The highest BCUT2D eigenvalue weighted by Gasteiger charge is 1.93. The van der Waals surface area contributed by atoms with Crippen molar-refractivity contribution >= 4 is 5.69 Å². The Kier molecular flexibility index (Phi) is 5.78. The van der Waals surface area contributed by atoms with Gasteiger partial charge in [-0.3, -0.25) is 4.98 Å². The van der Waals surface area contributed by atoms with Crippen LogP contribution in [0.3, 0.4) is 0 Å².